The zero-order valence-electron chi connectivity index (χ0n) is 31.8. The number of carbonyl (C=O) groups is 2. The fourth-order valence-corrected chi connectivity index (χ4v) is 6.21. The molecule has 6 nitrogen and oxygen atoms in total. The molecule has 0 spiro atoms. The zero-order chi connectivity index (χ0) is 33.8. The molecule has 2 N–H and O–H groups in total. The molecule has 46 heavy (non-hydrogen) atoms. The molecule has 0 aliphatic heterocycles. The summed E-state index contributed by atoms with van der Waals surface area (Å²) < 4.78 is 0. The van der Waals surface area contributed by atoms with E-state index in [9.17, 15) is 9.59 Å². The SMILES string of the molecule is CCCCCCCCCCCC(=O)N(CCCCN(CCCNCCC)C(=O)CCCCCCCCCCC)CCCNCCC. The van der Waals surface area contributed by atoms with Crippen molar-refractivity contribution in [2.45, 2.75) is 195 Å². The van der Waals surface area contributed by atoms with E-state index in [1.165, 1.54) is 103 Å². The first-order valence-electron chi connectivity index (χ1n) is 20.6. The monoisotopic (exact) mass is 651 g/mol. The molecule has 0 saturated heterocycles. The molecule has 0 aromatic rings. The van der Waals surface area contributed by atoms with Gasteiger partial charge in [0.2, 0.25) is 11.8 Å². The van der Waals surface area contributed by atoms with Crippen LogP contribution in [0, 0.1) is 0 Å². The Morgan fingerprint density at radius 3 is 0.978 bits per heavy atom. The second kappa shape index (κ2) is 36.7. The van der Waals surface area contributed by atoms with Gasteiger partial charge in [0.25, 0.3) is 0 Å². The summed E-state index contributed by atoms with van der Waals surface area (Å²) >= 11 is 0. The van der Waals surface area contributed by atoms with Gasteiger partial charge >= 0.3 is 0 Å². The molecule has 0 rings (SSSR count). The summed E-state index contributed by atoms with van der Waals surface area (Å²) in [6.07, 6.45) is 30.7. The Labute approximate surface area is 288 Å². The Bertz CT molecular complexity index is 591. The standard InChI is InChI=1S/C40H82N4O2/c1-5-9-11-13-15-17-19-21-23-29-39(45)43(37-27-33-41-31-7-3)35-25-26-36-44(38-28-34-42-32-8-4)40(46)30-24-22-20-18-16-14-12-10-6-2/h41-42H,5-38H2,1-4H3. The van der Waals surface area contributed by atoms with Gasteiger partial charge in [-0.15, -0.1) is 0 Å². The predicted octanol–water partition coefficient (Wildman–Crippen LogP) is 10.0. The first-order chi connectivity index (χ1) is 22.6. The minimum Gasteiger partial charge on any atom is -0.343 e. The van der Waals surface area contributed by atoms with Gasteiger partial charge in [0.1, 0.15) is 0 Å². The Morgan fingerprint density at radius 2 is 0.652 bits per heavy atom. The largest absolute Gasteiger partial charge is 0.343 e. The van der Waals surface area contributed by atoms with Crippen molar-refractivity contribution in [3.05, 3.63) is 0 Å². The molecule has 0 aromatic carbocycles. The minimum atomic E-state index is 0.332. The molecular formula is C40H82N4O2. The molecule has 0 heterocycles. The number of nitrogens with one attached hydrogen (secondary N) is 2. The van der Waals surface area contributed by atoms with E-state index in [1.54, 1.807) is 0 Å². The highest BCUT2D eigenvalue weighted by Crippen LogP contribution is 2.14. The van der Waals surface area contributed by atoms with Crippen LogP contribution in [0.2, 0.25) is 0 Å². The highest BCUT2D eigenvalue weighted by atomic mass is 16.2. The maximum atomic E-state index is 13.2. The molecule has 0 unspecified atom stereocenters. The van der Waals surface area contributed by atoms with Crippen molar-refractivity contribution in [1.29, 1.82) is 0 Å². The fraction of sp³-hybridized carbons (Fsp3) is 0.950. The van der Waals surface area contributed by atoms with Crippen LogP contribution >= 0.6 is 0 Å². The summed E-state index contributed by atoms with van der Waals surface area (Å²) in [5.74, 6) is 0.664. The first kappa shape index (κ1) is 44.9. The van der Waals surface area contributed by atoms with Gasteiger partial charge in [-0.3, -0.25) is 9.59 Å². The van der Waals surface area contributed by atoms with Crippen LogP contribution in [-0.2, 0) is 9.59 Å². The summed E-state index contributed by atoms with van der Waals surface area (Å²) in [6, 6.07) is 0. The normalized spacial score (nSPS) is 11.3. The molecule has 0 aliphatic rings. The Morgan fingerprint density at radius 1 is 0.348 bits per heavy atom. The van der Waals surface area contributed by atoms with E-state index < -0.39 is 0 Å². The molecule has 0 aromatic heterocycles. The second-order valence-electron chi connectivity index (χ2n) is 13.8. The number of carbonyl (C=O) groups excluding carboxylic acids is 2. The third-order valence-corrected chi connectivity index (χ3v) is 9.22. The fourth-order valence-electron chi connectivity index (χ4n) is 6.21. The van der Waals surface area contributed by atoms with E-state index in [4.69, 9.17) is 0 Å². The van der Waals surface area contributed by atoms with Gasteiger partial charge in [0.05, 0.1) is 0 Å². The van der Waals surface area contributed by atoms with Crippen LogP contribution in [0.1, 0.15) is 195 Å². The van der Waals surface area contributed by atoms with E-state index >= 15 is 0 Å². The number of nitrogens with zero attached hydrogens (tertiary/aromatic N) is 2. The highest BCUT2D eigenvalue weighted by molar-refractivity contribution is 5.76. The summed E-state index contributed by atoms with van der Waals surface area (Å²) in [6.45, 7) is 16.3. The van der Waals surface area contributed by atoms with Crippen molar-refractivity contribution in [1.82, 2.24) is 20.4 Å². The average molecular weight is 651 g/mol. The van der Waals surface area contributed by atoms with Gasteiger partial charge in [-0.05, 0) is 77.5 Å². The lowest BCUT2D eigenvalue weighted by atomic mass is 10.1. The van der Waals surface area contributed by atoms with Crippen molar-refractivity contribution in [3.63, 3.8) is 0 Å². The number of rotatable bonds is 37. The maximum absolute atomic E-state index is 13.2. The van der Waals surface area contributed by atoms with E-state index in [-0.39, 0.29) is 0 Å². The molecule has 274 valence electrons. The van der Waals surface area contributed by atoms with E-state index in [0.717, 1.165) is 104 Å². The van der Waals surface area contributed by atoms with Gasteiger partial charge in [-0.1, -0.05) is 130 Å². The summed E-state index contributed by atoms with van der Waals surface area (Å²) in [5, 5.41) is 6.98. The molecule has 0 fully saturated rings. The van der Waals surface area contributed by atoms with E-state index in [1.807, 2.05) is 0 Å². The van der Waals surface area contributed by atoms with Crippen LogP contribution in [0.3, 0.4) is 0 Å². The zero-order valence-corrected chi connectivity index (χ0v) is 31.8. The van der Waals surface area contributed by atoms with E-state index in [2.05, 4.69) is 48.1 Å². The van der Waals surface area contributed by atoms with Gasteiger partial charge in [-0.2, -0.15) is 0 Å². The van der Waals surface area contributed by atoms with Crippen molar-refractivity contribution in [2.24, 2.45) is 0 Å². The summed E-state index contributed by atoms with van der Waals surface area (Å²) in [4.78, 5) is 30.7. The third kappa shape index (κ3) is 30.2. The predicted molar refractivity (Wildman–Crippen MR) is 202 cm³/mol. The van der Waals surface area contributed by atoms with Gasteiger partial charge in [-0.25, -0.2) is 0 Å². The lowest BCUT2D eigenvalue weighted by molar-refractivity contribution is -0.133. The number of amides is 2. The Hall–Kier alpha value is -1.14. The molecule has 0 aliphatic carbocycles. The highest BCUT2D eigenvalue weighted by Gasteiger charge is 2.15. The maximum Gasteiger partial charge on any atom is 0.222 e. The van der Waals surface area contributed by atoms with Crippen LogP contribution in [0.4, 0.5) is 0 Å². The quantitative estimate of drug-likeness (QED) is 0.0657. The smallest absolute Gasteiger partial charge is 0.222 e. The number of unbranched alkanes of at least 4 members (excludes halogenated alkanes) is 17. The topological polar surface area (TPSA) is 64.7 Å². The first-order valence-corrected chi connectivity index (χ1v) is 20.6. The third-order valence-electron chi connectivity index (χ3n) is 9.22. The molecule has 0 saturated carbocycles. The molecule has 2 amide bonds. The van der Waals surface area contributed by atoms with Crippen molar-refractivity contribution in [3.8, 4) is 0 Å². The van der Waals surface area contributed by atoms with Crippen molar-refractivity contribution >= 4 is 11.8 Å². The molecule has 0 atom stereocenters. The number of hydrogen-bond donors (Lipinski definition) is 2. The molecule has 0 radical (unpaired) electrons. The van der Waals surface area contributed by atoms with Crippen LogP contribution < -0.4 is 10.6 Å². The van der Waals surface area contributed by atoms with Gasteiger partial charge < -0.3 is 20.4 Å². The van der Waals surface area contributed by atoms with E-state index in [0.29, 0.717) is 24.7 Å². The lowest BCUT2D eigenvalue weighted by Crippen LogP contribution is -2.36. The molecule has 6 heteroatoms. The summed E-state index contributed by atoms with van der Waals surface area (Å²) in [5.41, 5.74) is 0. The van der Waals surface area contributed by atoms with Gasteiger partial charge in [0, 0.05) is 39.0 Å². The lowest BCUT2D eigenvalue weighted by Gasteiger charge is -2.25. The molecular weight excluding hydrogens is 568 g/mol. The molecule has 0 bridgehead atoms. The van der Waals surface area contributed by atoms with Gasteiger partial charge in [0.15, 0.2) is 0 Å². The van der Waals surface area contributed by atoms with Crippen LogP contribution in [0.15, 0.2) is 0 Å². The van der Waals surface area contributed by atoms with Crippen LogP contribution in [-0.4, -0.2) is 74.0 Å². The second-order valence-corrected chi connectivity index (χ2v) is 13.8. The van der Waals surface area contributed by atoms with Crippen LogP contribution in [0.5, 0.6) is 0 Å². The van der Waals surface area contributed by atoms with Crippen LogP contribution in [0.25, 0.3) is 0 Å². The Kier molecular flexibility index (Phi) is 35.8. The van der Waals surface area contributed by atoms with Crippen molar-refractivity contribution < 1.29 is 9.59 Å². The number of hydrogen-bond acceptors (Lipinski definition) is 4. The summed E-state index contributed by atoms with van der Waals surface area (Å²) in [7, 11) is 0. The minimum absolute atomic E-state index is 0.332. The Balaban J connectivity index is 4.63. The average Bonchev–Trinajstić information content (AvgIpc) is 3.06. The van der Waals surface area contributed by atoms with Crippen molar-refractivity contribution in [2.75, 3.05) is 52.4 Å².